The number of anilines is 2. The molecule has 44 heavy (non-hydrogen) atoms. The van der Waals surface area contributed by atoms with Crippen LogP contribution < -0.4 is 10.6 Å². The maximum atomic E-state index is 12.9. The SMILES string of the molecule is C=C1C(=O)/C(=C/C2=CC(=C)C(C)(C)/C(=C/C(=C\N)N(c3ccccc3)c3ccc(-c4ccccc4)cc3)CS2)C(=O)/C1=C/S. The number of ketones is 2. The Hall–Kier alpha value is -4.52. The molecule has 0 saturated heterocycles. The molecule has 220 valence electrons. The van der Waals surface area contributed by atoms with Crippen LogP contribution in [0.2, 0.25) is 0 Å². The monoisotopic (exact) mass is 614 g/mol. The number of rotatable bonds is 6. The first-order valence-corrected chi connectivity index (χ1v) is 15.7. The van der Waals surface area contributed by atoms with Crippen molar-refractivity contribution >= 4 is 47.3 Å². The number of thioether (sulfide) groups is 1. The molecule has 2 N–H and O–H groups in total. The third kappa shape index (κ3) is 6.09. The van der Waals surface area contributed by atoms with Crippen LogP contribution in [-0.2, 0) is 9.59 Å². The smallest absolute Gasteiger partial charge is 0.198 e. The molecule has 2 aliphatic rings. The average molecular weight is 615 g/mol. The Morgan fingerprint density at radius 1 is 0.864 bits per heavy atom. The highest BCUT2D eigenvalue weighted by Gasteiger charge is 2.36. The van der Waals surface area contributed by atoms with E-state index in [4.69, 9.17) is 5.73 Å². The van der Waals surface area contributed by atoms with Crippen molar-refractivity contribution in [2.75, 3.05) is 10.7 Å². The van der Waals surface area contributed by atoms with Crippen LogP contribution in [0.4, 0.5) is 11.4 Å². The number of hydrogen-bond acceptors (Lipinski definition) is 6. The lowest BCUT2D eigenvalue weighted by molar-refractivity contribution is -0.115. The molecule has 6 heteroatoms. The van der Waals surface area contributed by atoms with Gasteiger partial charge in [-0.1, -0.05) is 87.7 Å². The summed E-state index contributed by atoms with van der Waals surface area (Å²) in [5.41, 5.74) is 13.4. The lowest BCUT2D eigenvalue weighted by Gasteiger charge is -2.31. The van der Waals surface area contributed by atoms with Crippen LogP contribution in [0, 0.1) is 5.41 Å². The van der Waals surface area contributed by atoms with Gasteiger partial charge in [-0.2, -0.15) is 12.6 Å². The largest absolute Gasteiger partial charge is 0.403 e. The molecule has 5 rings (SSSR count). The van der Waals surface area contributed by atoms with Crippen LogP contribution in [0.25, 0.3) is 11.1 Å². The molecule has 1 aliphatic heterocycles. The van der Waals surface area contributed by atoms with E-state index in [1.807, 2.05) is 42.5 Å². The van der Waals surface area contributed by atoms with Gasteiger partial charge in [-0.25, -0.2) is 0 Å². The summed E-state index contributed by atoms with van der Waals surface area (Å²) in [6, 6.07) is 28.8. The van der Waals surface area contributed by atoms with Crippen LogP contribution in [-0.4, -0.2) is 17.3 Å². The topological polar surface area (TPSA) is 63.4 Å². The number of carbonyl (C=O) groups excluding carboxylic acids is 2. The predicted molar refractivity (Wildman–Crippen MR) is 189 cm³/mol. The summed E-state index contributed by atoms with van der Waals surface area (Å²) in [5, 5.41) is 1.34. The van der Waals surface area contributed by atoms with E-state index in [-0.39, 0.29) is 28.3 Å². The molecular formula is C38H34N2O2S2. The zero-order chi connectivity index (χ0) is 31.4. The van der Waals surface area contributed by atoms with Gasteiger partial charge >= 0.3 is 0 Å². The number of hydrogen-bond donors (Lipinski definition) is 2. The van der Waals surface area contributed by atoms with Crippen molar-refractivity contribution in [1.29, 1.82) is 0 Å². The molecule has 1 saturated carbocycles. The highest BCUT2D eigenvalue weighted by molar-refractivity contribution is 8.03. The Labute approximate surface area is 269 Å². The number of nitrogens with zero attached hydrogens (tertiary/aromatic N) is 1. The minimum Gasteiger partial charge on any atom is -0.403 e. The third-order valence-corrected chi connectivity index (χ3v) is 9.35. The minimum absolute atomic E-state index is 0.101. The van der Waals surface area contributed by atoms with Gasteiger partial charge in [-0.05, 0) is 70.2 Å². The summed E-state index contributed by atoms with van der Waals surface area (Å²) < 4.78 is 0. The van der Waals surface area contributed by atoms with E-state index < -0.39 is 5.41 Å². The van der Waals surface area contributed by atoms with Gasteiger partial charge < -0.3 is 10.6 Å². The molecule has 0 radical (unpaired) electrons. The summed E-state index contributed by atoms with van der Waals surface area (Å²) in [7, 11) is 0. The molecule has 3 aromatic rings. The number of carbonyl (C=O) groups is 2. The number of Topliss-reactive ketones (excluding diaryl/α,β-unsaturated/α-hetero) is 2. The zero-order valence-electron chi connectivity index (χ0n) is 24.8. The number of nitrogens with two attached hydrogens (primary N) is 1. The van der Waals surface area contributed by atoms with Crippen molar-refractivity contribution in [3.8, 4) is 11.1 Å². The second kappa shape index (κ2) is 13.0. The molecule has 1 fully saturated rings. The first-order chi connectivity index (χ1) is 21.1. The van der Waals surface area contributed by atoms with Crippen LogP contribution in [0.3, 0.4) is 0 Å². The van der Waals surface area contributed by atoms with E-state index in [1.54, 1.807) is 24.0 Å². The zero-order valence-corrected chi connectivity index (χ0v) is 26.5. The highest BCUT2D eigenvalue weighted by Crippen LogP contribution is 2.44. The van der Waals surface area contributed by atoms with Crippen molar-refractivity contribution in [2.24, 2.45) is 11.1 Å². The molecule has 3 aromatic carbocycles. The summed E-state index contributed by atoms with van der Waals surface area (Å²) in [5.74, 6) is -0.119. The summed E-state index contributed by atoms with van der Waals surface area (Å²) in [6.45, 7) is 12.4. The van der Waals surface area contributed by atoms with E-state index in [0.29, 0.717) is 5.75 Å². The molecular weight excluding hydrogens is 581 g/mol. The van der Waals surface area contributed by atoms with E-state index >= 15 is 0 Å². The molecule has 1 aliphatic carbocycles. The lowest BCUT2D eigenvalue weighted by Crippen LogP contribution is -2.21. The number of allylic oxidation sites excluding steroid dienone is 7. The molecule has 1 heterocycles. The molecule has 0 bridgehead atoms. The maximum absolute atomic E-state index is 12.9. The van der Waals surface area contributed by atoms with E-state index in [2.05, 4.69) is 99.1 Å². The molecule has 0 spiro atoms. The second-order valence-corrected chi connectivity index (χ2v) is 12.4. The fraction of sp³-hybridized carbons (Fsp3) is 0.105. The van der Waals surface area contributed by atoms with Crippen molar-refractivity contribution in [3.05, 3.63) is 166 Å². The minimum atomic E-state index is -0.426. The Morgan fingerprint density at radius 3 is 2.05 bits per heavy atom. The fourth-order valence-corrected chi connectivity index (χ4v) is 6.62. The molecule has 0 unspecified atom stereocenters. The van der Waals surface area contributed by atoms with Crippen LogP contribution >= 0.6 is 24.4 Å². The average Bonchev–Trinajstić information content (AvgIpc) is 3.17. The van der Waals surface area contributed by atoms with Gasteiger partial charge in [-0.3, -0.25) is 9.59 Å². The molecule has 4 nitrogen and oxygen atoms in total. The molecule has 0 atom stereocenters. The van der Waals surface area contributed by atoms with Crippen molar-refractivity contribution < 1.29 is 9.59 Å². The van der Waals surface area contributed by atoms with E-state index in [0.717, 1.165) is 44.3 Å². The highest BCUT2D eigenvalue weighted by atomic mass is 32.2. The summed E-state index contributed by atoms with van der Waals surface area (Å²) in [4.78, 5) is 28.6. The van der Waals surface area contributed by atoms with E-state index in [9.17, 15) is 9.59 Å². The Bertz CT molecular complexity index is 1790. The fourth-order valence-electron chi connectivity index (χ4n) is 5.15. The van der Waals surface area contributed by atoms with Crippen LogP contribution in [0.1, 0.15) is 13.8 Å². The van der Waals surface area contributed by atoms with Gasteiger partial charge in [0, 0.05) is 44.8 Å². The summed E-state index contributed by atoms with van der Waals surface area (Å²) >= 11 is 5.65. The van der Waals surface area contributed by atoms with Gasteiger partial charge in [0.15, 0.2) is 11.6 Å². The normalized spacial score (nSPS) is 19.9. The van der Waals surface area contributed by atoms with Gasteiger partial charge in [0.1, 0.15) is 0 Å². The Balaban J connectivity index is 1.50. The predicted octanol–water partition coefficient (Wildman–Crippen LogP) is 8.88. The van der Waals surface area contributed by atoms with Crippen molar-refractivity contribution in [3.63, 3.8) is 0 Å². The van der Waals surface area contributed by atoms with Gasteiger partial charge in [0.05, 0.1) is 11.3 Å². The van der Waals surface area contributed by atoms with Crippen molar-refractivity contribution in [1.82, 2.24) is 0 Å². The molecule has 0 amide bonds. The first kappa shape index (κ1) is 30.9. The van der Waals surface area contributed by atoms with Crippen LogP contribution in [0.15, 0.2) is 166 Å². The first-order valence-electron chi connectivity index (χ1n) is 14.2. The van der Waals surface area contributed by atoms with Gasteiger partial charge in [0.2, 0.25) is 0 Å². The van der Waals surface area contributed by atoms with Gasteiger partial charge in [-0.15, -0.1) is 11.8 Å². The lowest BCUT2D eigenvalue weighted by atomic mass is 9.78. The maximum Gasteiger partial charge on any atom is 0.198 e. The number of thiol groups is 1. The quantitative estimate of drug-likeness (QED) is 0.165. The van der Waals surface area contributed by atoms with Crippen LogP contribution in [0.5, 0.6) is 0 Å². The molecule has 0 aromatic heterocycles. The number of para-hydroxylation sites is 1. The standard InChI is InChI=1S/C38H34N2O2S2/c1-25-19-33(21-34-36(41)26(2)35(23-43)37(34)42)44-24-29(38(25,3)4)20-32(22-39)40(30-13-9-6-10-14-30)31-17-15-28(16-18-31)27-11-7-5-8-12-27/h5-23,43H,1-2,24,39H2,3-4H3/b29-20+,32-22+,34-21-,35-23+. The second-order valence-electron chi connectivity index (χ2n) is 11.1. The third-order valence-electron chi connectivity index (χ3n) is 8.06. The Kier molecular flexibility index (Phi) is 9.14. The van der Waals surface area contributed by atoms with E-state index in [1.165, 1.54) is 5.41 Å². The van der Waals surface area contributed by atoms with Gasteiger partial charge in [0.25, 0.3) is 0 Å². The number of benzene rings is 3. The Morgan fingerprint density at radius 2 is 1.45 bits per heavy atom. The van der Waals surface area contributed by atoms with Crippen molar-refractivity contribution in [2.45, 2.75) is 13.8 Å². The summed E-state index contributed by atoms with van der Waals surface area (Å²) in [6.07, 6.45) is 7.35.